The number of nitrogens with two attached hydrogens (primary N) is 1. The lowest BCUT2D eigenvalue weighted by atomic mass is 10.2. The third-order valence-electron chi connectivity index (χ3n) is 1.43. The molecule has 1 aromatic rings. The van der Waals surface area contributed by atoms with E-state index in [0.29, 0.717) is 4.88 Å². The summed E-state index contributed by atoms with van der Waals surface area (Å²) in [5.74, 6) is 0. The average Bonchev–Trinajstić information content (AvgIpc) is 2.31. The Kier molecular flexibility index (Phi) is 2.39. The van der Waals surface area contributed by atoms with E-state index < -0.39 is 12.2 Å². The number of nitrogens with zero attached hydrogens (tertiary/aromatic N) is 1. The molecule has 0 saturated carbocycles. The molecule has 1 rings (SSSR count). The summed E-state index contributed by atoms with van der Waals surface area (Å²) in [7, 11) is 0. The van der Waals surface area contributed by atoms with Gasteiger partial charge in [-0.3, -0.25) is 0 Å². The standard InChI is InChI=1S/C6H7F3N2S/c1-3-4(11-2-12-3)5(10)6(7,8)9/h2,5H,10H2,1H3. The molecule has 0 fully saturated rings. The Hall–Kier alpha value is -0.620. The van der Waals surface area contributed by atoms with E-state index in [2.05, 4.69) is 4.98 Å². The van der Waals surface area contributed by atoms with Crippen LogP contribution in [-0.2, 0) is 0 Å². The molecule has 0 spiro atoms. The highest BCUT2D eigenvalue weighted by molar-refractivity contribution is 7.09. The molecule has 0 aliphatic heterocycles. The van der Waals surface area contributed by atoms with E-state index in [4.69, 9.17) is 5.73 Å². The van der Waals surface area contributed by atoms with Crippen LogP contribution in [-0.4, -0.2) is 11.2 Å². The molecule has 6 heteroatoms. The quantitative estimate of drug-likeness (QED) is 0.746. The Morgan fingerprint density at radius 1 is 1.58 bits per heavy atom. The van der Waals surface area contributed by atoms with Crippen LogP contribution in [0.1, 0.15) is 16.6 Å². The smallest absolute Gasteiger partial charge is 0.315 e. The molecule has 1 heterocycles. The molecule has 68 valence electrons. The summed E-state index contributed by atoms with van der Waals surface area (Å²) in [5.41, 5.74) is 6.22. The fraction of sp³-hybridized carbons (Fsp3) is 0.500. The highest BCUT2D eigenvalue weighted by Gasteiger charge is 2.39. The number of halogens is 3. The minimum absolute atomic E-state index is 0.0764. The van der Waals surface area contributed by atoms with Crippen LogP contribution in [0.3, 0.4) is 0 Å². The zero-order valence-corrected chi connectivity index (χ0v) is 7.04. The van der Waals surface area contributed by atoms with Crippen LogP contribution in [0.25, 0.3) is 0 Å². The van der Waals surface area contributed by atoms with Gasteiger partial charge in [0, 0.05) is 4.88 Å². The fourth-order valence-electron chi connectivity index (χ4n) is 0.768. The summed E-state index contributed by atoms with van der Waals surface area (Å²) in [6.07, 6.45) is -4.40. The number of hydrogen-bond acceptors (Lipinski definition) is 3. The van der Waals surface area contributed by atoms with E-state index in [0.717, 1.165) is 11.3 Å². The molecule has 2 N–H and O–H groups in total. The van der Waals surface area contributed by atoms with Crippen LogP contribution in [0, 0.1) is 6.92 Å². The molecule has 0 aliphatic carbocycles. The van der Waals surface area contributed by atoms with E-state index in [9.17, 15) is 13.2 Å². The lowest BCUT2D eigenvalue weighted by molar-refractivity contribution is -0.150. The molecule has 0 saturated heterocycles. The summed E-state index contributed by atoms with van der Waals surface area (Å²) in [5, 5.41) is 0. The second kappa shape index (κ2) is 3.02. The van der Waals surface area contributed by atoms with Crippen molar-refractivity contribution < 1.29 is 13.2 Å². The number of aromatic nitrogens is 1. The van der Waals surface area contributed by atoms with Gasteiger partial charge >= 0.3 is 6.18 Å². The minimum Gasteiger partial charge on any atom is -0.315 e. The van der Waals surface area contributed by atoms with Crippen LogP contribution in [0.15, 0.2) is 5.51 Å². The Morgan fingerprint density at radius 2 is 2.17 bits per heavy atom. The highest BCUT2D eigenvalue weighted by Crippen LogP contribution is 2.32. The zero-order valence-electron chi connectivity index (χ0n) is 6.22. The van der Waals surface area contributed by atoms with Crippen LogP contribution < -0.4 is 5.73 Å². The van der Waals surface area contributed by atoms with Gasteiger partial charge in [-0.2, -0.15) is 13.2 Å². The molecule has 0 radical (unpaired) electrons. The minimum atomic E-state index is -4.40. The second-order valence-electron chi connectivity index (χ2n) is 2.31. The van der Waals surface area contributed by atoms with Gasteiger partial charge < -0.3 is 5.73 Å². The van der Waals surface area contributed by atoms with Gasteiger partial charge in [0.05, 0.1) is 11.2 Å². The van der Waals surface area contributed by atoms with Crippen molar-refractivity contribution in [3.63, 3.8) is 0 Å². The number of thiazole rings is 1. The van der Waals surface area contributed by atoms with E-state index in [1.54, 1.807) is 6.92 Å². The summed E-state index contributed by atoms with van der Waals surface area (Å²) < 4.78 is 36.1. The third kappa shape index (κ3) is 1.75. The normalized spacial score (nSPS) is 14.8. The molecule has 0 bridgehead atoms. The predicted octanol–water partition coefficient (Wildman–Crippen LogP) is 2.01. The van der Waals surface area contributed by atoms with Gasteiger partial charge in [0.25, 0.3) is 0 Å². The van der Waals surface area contributed by atoms with Gasteiger partial charge in [0.15, 0.2) is 0 Å². The van der Waals surface area contributed by atoms with Gasteiger partial charge in [-0.25, -0.2) is 4.98 Å². The largest absolute Gasteiger partial charge is 0.409 e. The van der Waals surface area contributed by atoms with Gasteiger partial charge in [0.2, 0.25) is 0 Å². The Morgan fingerprint density at radius 3 is 2.50 bits per heavy atom. The van der Waals surface area contributed by atoms with Crippen molar-refractivity contribution in [2.24, 2.45) is 5.73 Å². The topological polar surface area (TPSA) is 38.9 Å². The van der Waals surface area contributed by atoms with Crippen molar-refractivity contribution in [2.45, 2.75) is 19.1 Å². The highest BCUT2D eigenvalue weighted by atomic mass is 32.1. The SMILES string of the molecule is Cc1scnc1C(N)C(F)(F)F. The van der Waals surface area contributed by atoms with Crippen molar-refractivity contribution >= 4 is 11.3 Å². The molecule has 0 aliphatic rings. The summed E-state index contributed by atoms with van der Waals surface area (Å²) in [6, 6.07) is -1.95. The lowest BCUT2D eigenvalue weighted by Crippen LogP contribution is -2.29. The van der Waals surface area contributed by atoms with E-state index in [-0.39, 0.29) is 5.69 Å². The van der Waals surface area contributed by atoms with Crippen LogP contribution in [0.5, 0.6) is 0 Å². The first-order valence-electron chi connectivity index (χ1n) is 3.15. The molecule has 12 heavy (non-hydrogen) atoms. The maximum Gasteiger partial charge on any atom is 0.409 e. The molecule has 0 amide bonds. The first kappa shape index (κ1) is 9.47. The molecule has 0 aromatic carbocycles. The van der Waals surface area contributed by atoms with Crippen molar-refractivity contribution in [1.29, 1.82) is 0 Å². The Labute approximate surface area is 71.2 Å². The number of rotatable bonds is 1. The predicted molar refractivity (Wildman–Crippen MR) is 39.8 cm³/mol. The van der Waals surface area contributed by atoms with Crippen molar-refractivity contribution in [3.05, 3.63) is 16.1 Å². The summed E-state index contributed by atoms with van der Waals surface area (Å²) in [4.78, 5) is 4.07. The number of aryl methyl sites for hydroxylation is 1. The zero-order chi connectivity index (χ0) is 9.35. The van der Waals surface area contributed by atoms with E-state index in [1.807, 2.05) is 0 Å². The van der Waals surface area contributed by atoms with Crippen molar-refractivity contribution in [3.8, 4) is 0 Å². The first-order valence-corrected chi connectivity index (χ1v) is 4.03. The molecular formula is C6H7F3N2S. The molecular weight excluding hydrogens is 189 g/mol. The summed E-state index contributed by atoms with van der Waals surface area (Å²) in [6.45, 7) is 1.57. The third-order valence-corrected chi connectivity index (χ3v) is 2.20. The molecule has 2 nitrogen and oxygen atoms in total. The van der Waals surface area contributed by atoms with Gasteiger partial charge in [-0.1, -0.05) is 0 Å². The average molecular weight is 196 g/mol. The fourth-order valence-corrected chi connectivity index (χ4v) is 1.39. The van der Waals surface area contributed by atoms with E-state index >= 15 is 0 Å². The maximum absolute atomic E-state index is 12.0. The number of alkyl halides is 3. The van der Waals surface area contributed by atoms with Crippen molar-refractivity contribution in [1.82, 2.24) is 4.98 Å². The monoisotopic (exact) mass is 196 g/mol. The van der Waals surface area contributed by atoms with Crippen molar-refractivity contribution in [2.75, 3.05) is 0 Å². The van der Waals surface area contributed by atoms with E-state index in [1.165, 1.54) is 5.51 Å². The molecule has 1 aromatic heterocycles. The lowest BCUT2D eigenvalue weighted by Gasteiger charge is -2.13. The van der Waals surface area contributed by atoms with Crippen LogP contribution >= 0.6 is 11.3 Å². The Bertz CT molecular complexity index is 268. The van der Waals surface area contributed by atoms with Crippen LogP contribution in [0.2, 0.25) is 0 Å². The van der Waals surface area contributed by atoms with Gasteiger partial charge in [-0.05, 0) is 6.92 Å². The second-order valence-corrected chi connectivity index (χ2v) is 3.37. The number of hydrogen-bond donors (Lipinski definition) is 1. The summed E-state index contributed by atoms with van der Waals surface area (Å²) >= 11 is 1.16. The van der Waals surface area contributed by atoms with Gasteiger partial charge in [0.1, 0.15) is 6.04 Å². The maximum atomic E-state index is 12.0. The molecule has 1 atom stereocenters. The van der Waals surface area contributed by atoms with Crippen LogP contribution in [0.4, 0.5) is 13.2 Å². The Balaban J connectivity index is 2.92. The molecule has 1 unspecified atom stereocenters. The van der Waals surface area contributed by atoms with Gasteiger partial charge in [-0.15, -0.1) is 11.3 Å². The first-order chi connectivity index (χ1) is 5.43.